The Bertz CT molecular complexity index is 947. The lowest BCUT2D eigenvalue weighted by Crippen LogP contribution is -2.51. The topological polar surface area (TPSA) is 63.0 Å². The number of amides is 1. The standard InChI is InChI=1S/C21H26ClN5O2/c1-4-27-15(3)17(13-23-27)18-12-20(29-24-18)21(28)26-9-7-25(8-10-26)19-11-16(22)6-5-14(19)2/h5-6,11,13,20H,4,7-10,12H2,1-3H3/t20-/m0/s1. The number of halogens is 1. The number of carbonyl (C=O) groups is 1. The molecular weight excluding hydrogens is 390 g/mol. The van der Waals surface area contributed by atoms with Gasteiger partial charge in [-0.3, -0.25) is 9.48 Å². The lowest BCUT2D eigenvalue weighted by Gasteiger charge is -2.37. The zero-order chi connectivity index (χ0) is 20.5. The van der Waals surface area contributed by atoms with Crippen molar-refractivity contribution in [2.24, 2.45) is 5.16 Å². The first-order chi connectivity index (χ1) is 14.0. The highest BCUT2D eigenvalue weighted by molar-refractivity contribution is 6.30. The van der Waals surface area contributed by atoms with E-state index in [1.807, 2.05) is 41.6 Å². The van der Waals surface area contributed by atoms with Crippen molar-refractivity contribution >= 4 is 28.9 Å². The molecule has 29 heavy (non-hydrogen) atoms. The summed E-state index contributed by atoms with van der Waals surface area (Å²) < 4.78 is 1.92. The monoisotopic (exact) mass is 415 g/mol. The Morgan fingerprint density at radius 3 is 2.69 bits per heavy atom. The number of hydrogen-bond acceptors (Lipinski definition) is 5. The number of aromatic nitrogens is 2. The molecule has 0 unspecified atom stereocenters. The molecule has 4 rings (SSSR count). The Balaban J connectivity index is 1.36. The van der Waals surface area contributed by atoms with Crippen LogP contribution in [0.15, 0.2) is 29.6 Å². The van der Waals surface area contributed by atoms with Crippen LogP contribution in [0.4, 0.5) is 5.69 Å². The van der Waals surface area contributed by atoms with Gasteiger partial charge in [0.1, 0.15) is 0 Å². The molecule has 0 radical (unpaired) electrons. The highest BCUT2D eigenvalue weighted by Crippen LogP contribution is 2.26. The van der Waals surface area contributed by atoms with E-state index in [0.717, 1.165) is 47.3 Å². The van der Waals surface area contributed by atoms with Crippen molar-refractivity contribution in [3.63, 3.8) is 0 Å². The predicted octanol–water partition coefficient (Wildman–Crippen LogP) is 3.02. The SMILES string of the molecule is CCn1ncc(C2=NO[C@H](C(=O)N3CCN(c4cc(Cl)ccc4C)CC3)C2)c1C. The zero-order valence-corrected chi connectivity index (χ0v) is 17.8. The van der Waals surface area contributed by atoms with Gasteiger partial charge in [-0.2, -0.15) is 5.10 Å². The number of oxime groups is 1. The van der Waals surface area contributed by atoms with Gasteiger partial charge in [0, 0.05) is 61.1 Å². The fraction of sp³-hybridized carbons (Fsp3) is 0.476. The maximum absolute atomic E-state index is 13.0. The minimum absolute atomic E-state index is 0.00625. The number of carbonyl (C=O) groups excluding carboxylic acids is 1. The molecule has 1 amide bonds. The van der Waals surface area contributed by atoms with E-state index < -0.39 is 6.10 Å². The van der Waals surface area contributed by atoms with Crippen LogP contribution in [0.1, 0.15) is 30.2 Å². The number of benzene rings is 1. The van der Waals surface area contributed by atoms with Crippen LogP contribution >= 0.6 is 11.6 Å². The molecule has 8 heteroatoms. The Hall–Kier alpha value is -2.54. The molecule has 1 fully saturated rings. The van der Waals surface area contributed by atoms with Gasteiger partial charge in [0.15, 0.2) is 0 Å². The number of aryl methyl sites for hydroxylation is 2. The Morgan fingerprint density at radius 1 is 1.24 bits per heavy atom. The third kappa shape index (κ3) is 3.83. The van der Waals surface area contributed by atoms with Crippen molar-refractivity contribution in [1.82, 2.24) is 14.7 Å². The van der Waals surface area contributed by atoms with Crippen LogP contribution < -0.4 is 4.90 Å². The van der Waals surface area contributed by atoms with Gasteiger partial charge in [-0.25, -0.2) is 0 Å². The molecule has 1 aromatic carbocycles. The maximum Gasteiger partial charge on any atom is 0.267 e. The van der Waals surface area contributed by atoms with Crippen molar-refractivity contribution in [3.8, 4) is 0 Å². The summed E-state index contributed by atoms with van der Waals surface area (Å²) in [5.41, 5.74) is 5.13. The molecule has 2 aliphatic rings. The number of piperazine rings is 1. The average molecular weight is 416 g/mol. The molecule has 0 N–H and O–H groups in total. The lowest BCUT2D eigenvalue weighted by molar-refractivity contribution is -0.142. The minimum Gasteiger partial charge on any atom is -0.382 e. The largest absolute Gasteiger partial charge is 0.382 e. The molecule has 2 aliphatic heterocycles. The van der Waals surface area contributed by atoms with Gasteiger partial charge >= 0.3 is 0 Å². The van der Waals surface area contributed by atoms with E-state index in [1.165, 1.54) is 5.56 Å². The van der Waals surface area contributed by atoms with E-state index in [1.54, 1.807) is 6.20 Å². The Morgan fingerprint density at radius 2 is 2.00 bits per heavy atom. The molecule has 1 saturated heterocycles. The molecule has 7 nitrogen and oxygen atoms in total. The molecule has 0 spiro atoms. The van der Waals surface area contributed by atoms with Crippen molar-refractivity contribution < 1.29 is 9.63 Å². The summed E-state index contributed by atoms with van der Waals surface area (Å²) in [7, 11) is 0. The van der Waals surface area contributed by atoms with Crippen LogP contribution in [-0.2, 0) is 16.2 Å². The van der Waals surface area contributed by atoms with Crippen molar-refractivity contribution in [1.29, 1.82) is 0 Å². The summed E-state index contributed by atoms with van der Waals surface area (Å²) in [5, 5.41) is 9.28. The molecule has 154 valence electrons. The van der Waals surface area contributed by atoms with Gasteiger partial charge in [-0.15, -0.1) is 0 Å². The number of nitrogens with zero attached hydrogens (tertiary/aromatic N) is 5. The molecule has 1 atom stereocenters. The van der Waals surface area contributed by atoms with Crippen LogP contribution in [0.3, 0.4) is 0 Å². The predicted molar refractivity (Wildman–Crippen MR) is 114 cm³/mol. The first-order valence-electron chi connectivity index (χ1n) is 10.0. The molecular formula is C21H26ClN5O2. The van der Waals surface area contributed by atoms with Gasteiger partial charge in [0.05, 0.1) is 11.9 Å². The van der Waals surface area contributed by atoms with E-state index in [9.17, 15) is 4.79 Å². The van der Waals surface area contributed by atoms with Gasteiger partial charge in [0.25, 0.3) is 5.91 Å². The quantitative estimate of drug-likeness (QED) is 0.770. The van der Waals surface area contributed by atoms with E-state index in [4.69, 9.17) is 16.4 Å². The Labute approximate surface area is 175 Å². The lowest BCUT2D eigenvalue weighted by atomic mass is 10.0. The molecule has 1 aromatic heterocycles. The second-order valence-corrected chi connectivity index (χ2v) is 7.98. The minimum atomic E-state index is -0.547. The summed E-state index contributed by atoms with van der Waals surface area (Å²) in [6.07, 6.45) is 1.75. The van der Waals surface area contributed by atoms with Gasteiger partial charge < -0.3 is 14.6 Å². The van der Waals surface area contributed by atoms with Crippen molar-refractivity contribution in [3.05, 3.63) is 46.2 Å². The maximum atomic E-state index is 13.0. The average Bonchev–Trinajstić information content (AvgIpc) is 3.36. The van der Waals surface area contributed by atoms with Crippen LogP contribution in [0, 0.1) is 13.8 Å². The first-order valence-corrected chi connectivity index (χ1v) is 10.4. The van der Waals surface area contributed by atoms with E-state index >= 15 is 0 Å². The second-order valence-electron chi connectivity index (χ2n) is 7.54. The summed E-state index contributed by atoms with van der Waals surface area (Å²) in [6.45, 7) is 9.81. The summed E-state index contributed by atoms with van der Waals surface area (Å²) in [5.74, 6) is 0.00625. The highest BCUT2D eigenvalue weighted by Gasteiger charge is 2.34. The fourth-order valence-corrected chi connectivity index (χ4v) is 4.18. The Kier molecular flexibility index (Phi) is 5.50. The fourth-order valence-electron chi connectivity index (χ4n) is 4.01. The third-order valence-corrected chi connectivity index (χ3v) is 6.00. The number of anilines is 1. The van der Waals surface area contributed by atoms with E-state index in [2.05, 4.69) is 22.1 Å². The van der Waals surface area contributed by atoms with Crippen LogP contribution in [0.2, 0.25) is 5.02 Å². The molecule has 0 saturated carbocycles. The molecule has 0 bridgehead atoms. The normalized spacial score (nSPS) is 19.3. The number of hydrogen-bond donors (Lipinski definition) is 0. The third-order valence-electron chi connectivity index (χ3n) is 5.76. The van der Waals surface area contributed by atoms with Crippen molar-refractivity contribution in [2.45, 2.75) is 39.8 Å². The van der Waals surface area contributed by atoms with Crippen LogP contribution in [0.25, 0.3) is 0 Å². The summed E-state index contributed by atoms with van der Waals surface area (Å²) >= 11 is 6.16. The van der Waals surface area contributed by atoms with Crippen LogP contribution in [0.5, 0.6) is 0 Å². The summed E-state index contributed by atoms with van der Waals surface area (Å²) in [6, 6.07) is 5.93. The van der Waals surface area contributed by atoms with Gasteiger partial charge in [0.2, 0.25) is 6.10 Å². The molecule has 0 aliphatic carbocycles. The van der Waals surface area contributed by atoms with Gasteiger partial charge in [-0.05, 0) is 38.5 Å². The zero-order valence-electron chi connectivity index (χ0n) is 17.1. The number of rotatable bonds is 4. The molecule has 2 aromatic rings. The van der Waals surface area contributed by atoms with E-state index in [0.29, 0.717) is 19.5 Å². The van der Waals surface area contributed by atoms with Gasteiger partial charge in [-0.1, -0.05) is 22.8 Å². The van der Waals surface area contributed by atoms with E-state index in [-0.39, 0.29) is 5.91 Å². The highest BCUT2D eigenvalue weighted by atomic mass is 35.5. The van der Waals surface area contributed by atoms with Crippen molar-refractivity contribution in [2.75, 3.05) is 31.1 Å². The smallest absolute Gasteiger partial charge is 0.267 e. The molecule has 3 heterocycles. The first kappa shape index (κ1) is 19.8. The summed E-state index contributed by atoms with van der Waals surface area (Å²) in [4.78, 5) is 22.6. The second kappa shape index (κ2) is 8.06. The van der Waals surface area contributed by atoms with Crippen LogP contribution in [-0.4, -0.2) is 58.6 Å².